The van der Waals surface area contributed by atoms with Crippen LogP contribution in [0, 0.1) is 5.82 Å². The molecule has 1 saturated heterocycles. The Morgan fingerprint density at radius 3 is 2.76 bits per heavy atom. The van der Waals surface area contributed by atoms with Crippen molar-refractivity contribution in [2.45, 2.75) is 25.8 Å². The molecule has 1 fully saturated rings. The highest BCUT2D eigenvalue weighted by atomic mass is 35.5. The molecule has 0 saturated carbocycles. The number of aromatic amines is 1. The zero-order valence-corrected chi connectivity index (χ0v) is 16.1. The number of anilines is 1. The molecule has 3 N–H and O–H groups in total. The second-order valence-corrected chi connectivity index (χ2v) is 6.85. The van der Waals surface area contributed by atoms with Gasteiger partial charge in [0.05, 0.1) is 30.2 Å². The lowest BCUT2D eigenvalue weighted by molar-refractivity contribution is 0.149. The molecule has 1 atom stereocenters. The maximum Gasteiger partial charge on any atom is 0.285 e. The number of H-pyrrole nitrogens is 1. The second-order valence-electron chi connectivity index (χ2n) is 6.47. The summed E-state index contributed by atoms with van der Waals surface area (Å²) in [6, 6.07) is 2.60. The number of nitrogens with two attached hydrogens (primary N) is 1. The number of hydrogen-bond acceptors (Lipinski definition) is 6. The zero-order chi connectivity index (χ0) is 21.1. The molecule has 0 spiro atoms. The summed E-state index contributed by atoms with van der Waals surface area (Å²) in [6.45, 7) is 2.31. The van der Waals surface area contributed by atoms with Crippen LogP contribution in [0.1, 0.15) is 36.9 Å². The predicted octanol–water partition coefficient (Wildman–Crippen LogP) is 3.23. The number of hydrazone groups is 1. The Labute approximate surface area is 169 Å². The number of nitrogens with one attached hydrogen (secondary N) is 1. The van der Waals surface area contributed by atoms with E-state index in [0.717, 1.165) is 12.1 Å². The largest absolute Gasteiger partial charge is 0.362 e. The van der Waals surface area contributed by atoms with E-state index in [0.29, 0.717) is 30.1 Å². The molecule has 11 heteroatoms. The van der Waals surface area contributed by atoms with Crippen LogP contribution in [0.5, 0.6) is 0 Å². The van der Waals surface area contributed by atoms with E-state index in [1.54, 1.807) is 11.8 Å². The third-order valence-corrected chi connectivity index (χ3v) is 5.01. The first kappa shape index (κ1) is 20.8. The van der Waals surface area contributed by atoms with Crippen LogP contribution < -0.4 is 16.3 Å². The molecule has 0 amide bonds. The molecule has 29 heavy (non-hydrogen) atoms. The molecule has 0 radical (unpaired) electrons. The van der Waals surface area contributed by atoms with Crippen LogP contribution in [0.4, 0.5) is 18.9 Å². The van der Waals surface area contributed by atoms with E-state index in [-0.39, 0.29) is 17.1 Å². The summed E-state index contributed by atoms with van der Waals surface area (Å²) in [7, 11) is 0. The van der Waals surface area contributed by atoms with E-state index in [2.05, 4.69) is 20.3 Å². The predicted molar refractivity (Wildman–Crippen MR) is 106 cm³/mol. The van der Waals surface area contributed by atoms with Crippen molar-refractivity contribution in [3.8, 4) is 0 Å². The summed E-state index contributed by atoms with van der Waals surface area (Å²) < 4.78 is 39.9. The number of nitrogens with zero attached hydrogens (tertiary/aromatic N) is 4. The number of rotatable bonds is 4. The van der Waals surface area contributed by atoms with Crippen molar-refractivity contribution in [2.75, 3.05) is 18.0 Å². The molecule has 1 aliphatic heterocycles. The lowest BCUT2D eigenvalue weighted by Crippen LogP contribution is -2.42. The number of piperidine rings is 1. The number of benzene rings is 1. The molecule has 7 nitrogen and oxygen atoms in total. The van der Waals surface area contributed by atoms with Gasteiger partial charge in [0.2, 0.25) is 0 Å². The van der Waals surface area contributed by atoms with Gasteiger partial charge in [-0.05, 0) is 24.6 Å². The number of hydrogen-bond donors (Lipinski definition) is 2. The first-order chi connectivity index (χ1) is 13.8. The Bertz CT molecular complexity index is 1020. The van der Waals surface area contributed by atoms with Crippen molar-refractivity contribution >= 4 is 28.7 Å². The summed E-state index contributed by atoms with van der Waals surface area (Å²) in [4.78, 5) is 18.0. The Hall–Kier alpha value is -2.88. The van der Waals surface area contributed by atoms with Crippen molar-refractivity contribution in [2.24, 2.45) is 15.9 Å². The van der Waals surface area contributed by atoms with Crippen molar-refractivity contribution < 1.29 is 13.2 Å². The molecule has 2 heterocycles. The van der Waals surface area contributed by atoms with Gasteiger partial charge in [-0.1, -0.05) is 17.7 Å². The molecular weight excluding hydrogens is 409 g/mol. The van der Waals surface area contributed by atoms with Gasteiger partial charge in [0, 0.05) is 18.5 Å². The van der Waals surface area contributed by atoms with Crippen LogP contribution in [-0.2, 0) is 0 Å². The maximum absolute atomic E-state index is 13.4. The van der Waals surface area contributed by atoms with Gasteiger partial charge >= 0.3 is 0 Å². The zero-order valence-electron chi connectivity index (χ0n) is 15.4. The van der Waals surface area contributed by atoms with Gasteiger partial charge in [0.15, 0.2) is 0 Å². The molecule has 154 valence electrons. The SMILES string of the molecule is C[C@H](N=C1CCN(c2cn[nH]c(=O)c2Cl)CC1=NN)c1ccc(F)cc1C(F)F. The Morgan fingerprint density at radius 2 is 2.07 bits per heavy atom. The Kier molecular flexibility index (Phi) is 6.21. The summed E-state index contributed by atoms with van der Waals surface area (Å²) in [5.41, 5.74) is 0.734. The number of aromatic nitrogens is 2. The topological polar surface area (TPSA) is 99.7 Å². The first-order valence-electron chi connectivity index (χ1n) is 8.71. The molecule has 3 rings (SSSR count). The lowest BCUT2D eigenvalue weighted by atomic mass is 10.00. The highest BCUT2D eigenvalue weighted by molar-refractivity contribution is 6.44. The number of halogens is 4. The summed E-state index contributed by atoms with van der Waals surface area (Å²) in [5, 5.41) is 9.75. The van der Waals surface area contributed by atoms with E-state index in [1.807, 2.05) is 0 Å². The maximum atomic E-state index is 13.4. The van der Waals surface area contributed by atoms with Crippen LogP contribution >= 0.6 is 11.6 Å². The summed E-state index contributed by atoms with van der Waals surface area (Å²) in [6.07, 6.45) is -0.997. The normalized spacial score (nSPS) is 18.6. The molecule has 1 aromatic carbocycles. The van der Waals surface area contributed by atoms with Crippen molar-refractivity contribution in [3.63, 3.8) is 0 Å². The third kappa shape index (κ3) is 4.42. The van der Waals surface area contributed by atoms with Crippen LogP contribution in [-0.4, -0.2) is 34.7 Å². The standard InChI is InChI=1S/C18H18ClF3N6O/c1-9(11-3-2-10(20)6-12(11)17(21)22)25-13-4-5-28(8-14(13)26-23)15-7-24-27-18(29)16(15)19/h2-3,6-7,9,17H,4-5,8,23H2,1H3,(H,27,29)/t9-/m0/s1. The van der Waals surface area contributed by atoms with Gasteiger partial charge in [0.25, 0.3) is 12.0 Å². The van der Waals surface area contributed by atoms with Gasteiger partial charge in [-0.15, -0.1) is 0 Å². The van der Waals surface area contributed by atoms with Crippen molar-refractivity contribution in [1.82, 2.24) is 10.2 Å². The highest BCUT2D eigenvalue weighted by Gasteiger charge is 2.26. The smallest absolute Gasteiger partial charge is 0.285 e. The lowest BCUT2D eigenvalue weighted by Gasteiger charge is -2.31. The van der Waals surface area contributed by atoms with Crippen LogP contribution in [0.25, 0.3) is 0 Å². The molecule has 0 bridgehead atoms. The molecule has 1 aliphatic rings. The fourth-order valence-electron chi connectivity index (χ4n) is 3.21. The first-order valence-corrected chi connectivity index (χ1v) is 9.09. The van der Waals surface area contributed by atoms with Gasteiger partial charge < -0.3 is 10.7 Å². The minimum Gasteiger partial charge on any atom is -0.362 e. The summed E-state index contributed by atoms with van der Waals surface area (Å²) >= 11 is 6.05. The third-order valence-electron chi connectivity index (χ3n) is 4.65. The quantitative estimate of drug-likeness (QED) is 0.579. The van der Waals surface area contributed by atoms with E-state index < -0.39 is 29.4 Å². The molecule has 0 aliphatic carbocycles. The molecule has 2 aromatic rings. The monoisotopic (exact) mass is 426 g/mol. The van der Waals surface area contributed by atoms with E-state index >= 15 is 0 Å². The fourth-order valence-corrected chi connectivity index (χ4v) is 3.42. The van der Waals surface area contributed by atoms with E-state index in [9.17, 15) is 18.0 Å². The number of aliphatic imine (C=N–C) groups is 1. The minimum atomic E-state index is -2.82. The van der Waals surface area contributed by atoms with Crippen LogP contribution in [0.3, 0.4) is 0 Å². The van der Waals surface area contributed by atoms with Gasteiger partial charge in [-0.3, -0.25) is 9.79 Å². The second kappa shape index (κ2) is 8.64. The molecule has 0 unspecified atom stereocenters. The molecule has 1 aromatic heterocycles. The van der Waals surface area contributed by atoms with Gasteiger partial charge in [-0.25, -0.2) is 18.3 Å². The average Bonchev–Trinajstić information content (AvgIpc) is 2.70. The fraction of sp³-hybridized carbons (Fsp3) is 0.333. The van der Waals surface area contributed by atoms with Crippen LogP contribution in [0.15, 0.2) is 39.3 Å². The summed E-state index contributed by atoms with van der Waals surface area (Å²) in [5.74, 6) is 4.78. The minimum absolute atomic E-state index is 0.00184. The average molecular weight is 427 g/mol. The van der Waals surface area contributed by atoms with E-state index in [4.69, 9.17) is 17.4 Å². The Morgan fingerprint density at radius 1 is 1.31 bits per heavy atom. The van der Waals surface area contributed by atoms with Gasteiger partial charge in [-0.2, -0.15) is 10.2 Å². The van der Waals surface area contributed by atoms with Gasteiger partial charge in [0.1, 0.15) is 16.6 Å². The van der Waals surface area contributed by atoms with E-state index in [1.165, 1.54) is 12.3 Å². The van der Waals surface area contributed by atoms with Crippen molar-refractivity contribution in [3.05, 3.63) is 56.7 Å². The number of alkyl halides is 2. The highest BCUT2D eigenvalue weighted by Crippen LogP contribution is 2.31. The molecular formula is C18H18ClF3N6O. The van der Waals surface area contributed by atoms with Crippen LogP contribution in [0.2, 0.25) is 5.02 Å². The Balaban J connectivity index is 1.87. The van der Waals surface area contributed by atoms with Crippen molar-refractivity contribution in [1.29, 1.82) is 0 Å².